The summed E-state index contributed by atoms with van der Waals surface area (Å²) >= 11 is 0. The van der Waals surface area contributed by atoms with E-state index in [4.69, 9.17) is 10.1 Å². The summed E-state index contributed by atoms with van der Waals surface area (Å²) in [5, 5.41) is 13.3. The van der Waals surface area contributed by atoms with Crippen molar-refractivity contribution in [2.45, 2.75) is 20.5 Å². The molecule has 27 heavy (non-hydrogen) atoms. The van der Waals surface area contributed by atoms with Crippen molar-refractivity contribution in [2.75, 3.05) is 25.5 Å². The van der Waals surface area contributed by atoms with Gasteiger partial charge in [0, 0.05) is 19.3 Å². The first-order valence-electron chi connectivity index (χ1n) is 8.53. The van der Waals surface area contributed by atoms with Crippen LogP contribution in [0.25, 0.3) is 0 Å². The highest BCUT2D eigenvalue weighted by Crippen LogP contribution is 2.18. The molecule has 0 aliphatic rings. The molecule has 3 N–H and O–H groups in total. The molecular weight excluding hydrogens is 364 g/mol. The largest absolute Gasteiger partial charge is 0.375 e. The number of rotatable bonds is 6. The quantitative estimate of drug-likeness (QED) is 0.397. The smallest absolute Gasteiger partial charge is 0.326 e. The molecule has 0 unspecified atom stereocenters. The summed E-state index contributed by atoms with van der Waals surface area (Å²) in [6.07, 6.45) is 0. The van der Waals surface area contributed by atoms with Crippen molar-refractivity contribution in [3.05, 3.63) is 65.2 Å². The van der Waals surface area contributed by atoms with Crippen LogP contribution in [0.2, 0.25) is 0 Å². The first kappa shape index (κ1) is 22.5. The molecule has 0 spiro atoms. The molecule has 2 aromatic rings. The van der Waals surface area contributed by atoms with E-state index in [2.05, 4.69) is 10.6 Å². The Morgan fingerprint density at radius 3 is 2.33 bits per heavy atom. The molecule has 0 atom stereocenters. The van der Waals surface area contributed by atoms with Gasteiger partial charge in [0.25, 0.3) is 0 Å². The predicted octanol–water partition coefficient (Wildman–Crippen LogP) is 3.93. The maximum absolute atomic E-state index is 12.1. The Kier molecular flexibility index (Phi) is 9.33. The summed E-state index contributed by atoms with van der Waals surface area (Å²) in [4.78, 5) is 13.8. The van der Waals surface area contributed by atoms with Crippen LogP contribution in [0, 0.1) is 19.3 Å². The van der Waals surface area contributed by atoms with E-state index in [1.165, 1.54) is 0 Å². The zero-order valence-electron chi connectivity index (χ0n) is 15.9. The Morgan fingerprint density at radius 1 is 1.07 bits per heavy atom. The summed E-state index contributed by atoms with van der Waals surface area (Å²) < 4.78 is 5.61. The van der Waals surface area contributed by atoms with Crippen LogP contribution < -0.4 is 10.6 Å². The van der Waals surface area contributed by atoms with Gasteiger partial charge in [-0.2, -0.15) is 0 Å². The Morgan fingerprint density at radius 2 is 1.70 bits per heavy atom. The van der Waals surface area contributed by atoms with Crippen molar-refractivity contribution >= 4 is 30.1 Å². The number of hydrogen-bond donors (Lipinski definition) is 3. The van der Waals surface area contributed by atoms with Gasteiger partial charge in [0.1, 0.15) is 0 Å². The second-order valence-corrected chi connectivity index (χ2v) is 6.15. The van der Waals surface area contributed by atoms with Crippen LogP contribution in [-0.4, -0.2) is 37.1 Å². The molecule has 2 rings (SSSR count). The van der Waals surface area contributed by atoms with Gasteiger partial charge in [-0.05, 0) is 30.5 Å². The number of aryl methyl sites for hydroxylation is 2. The van der Waals surface area contributed by atoms with Crippen molar-refractivity contribution in [3.63, 3.8) is 0 Å². The molecule has 0 heterocycles. The molecule has 146 valence electrons. The van der Waals surface area contributed by atoms with E-state index in [1.54, 1.807) is 11.9 Å². The van der Waals surface area contributed by atoms with Gasteiger partial charge in [-0.1, -0.05) is 48.5 Å². The molecule has 0 saturated heterocycles. The lowest BCUT2D eigenvalue weighted by atomic mass is 10.1. The van der Waals surface area contributed by atoms with Gasteiger partial charge in [0.15, 0.2) is 5.96 Å². The Labute approximate surface area is 166 Å². The van der Waals surface area contributed by atoms with E-state index in [0.29, 0.717) is 19.8 Å². The van der Waals surface area contributed by atoms with Gasteiger partial charge < -0.3 is 15.0 Å². The molecule has 6 nitrogen and oxygen atoms in total. The maximum Gasteiger partial charge on any atom is 0.326 e. The molecule has 0 aliphatic carbocycles. The van der Waals surface area contributed by atoms with Crippen LogP contribution in [0.15, 0.2) is 48.5 Å². The minimum atomic E-state index is -0.426. The topological polar surface area (TPSA) is 77.5 Å². The van der Waals surface area contributed by atoms with Gasteiger partial charge in [0.2, 0.25) is 0 Å². The number of likely N-dealkylation sites (N-methyl/N-ethyl adjacent to an activating group) is 1. The number of urea groups is 1. The number of nitrogens with one attached hydrogen (secondary N) is 3. The molecule has 0 aliphatic heterocycles. The normalized spacial score (nSPS) is 9.89. The third-order valence-corrected chi connectivity index (χ3v) is 4.02. The fourth-order valence-corrected chi connectivity index (χ4v) is 2.44. The lowest BCUT2D eigenvalue weighted by molar-refractivity contribution is 0.111. The van der Waals surface area contributed by atoms with Crippen molar-refractivity contribution in [3.8, 4) is 0 Å². The number of benzene rings is 2. The lowest BCUT2D eigenvalue weighted by Gasteiger charge is -2.21. The van der Waals surface area contributed by atoms with Crippen LogP contribution in [-0.2, 0) is 11.3 Å². The van der Waals surface area contributed by atoms with Crippen LogP contribution in [0.3, 0.4) is 0 Å². The highest BCUT2D eigenvalue weighted by Gasteiger charge is 2.11. The van der Waals surface area contributed by atoms with Gasteiger partial charge in [-0.15, -0.1) is 12.4 Å². The maximum atomic E-state index is 12.1. The SMILES string of the molecule is Cc1cccc(C)c1NC(=O)NC(=N)N(C)CCOCc1ccccc1.Cl. The van der Waals surface area contributed by atoms with E-state index in [9.17, 15) is 4.79 Å². The molecule has 2 amide bonds. The molecule has 0 radical (unpaired) electrons. The second-order valence-electron chi connectivity index (χ2n) is 6.15. The fourth-order valence-electron chi connectivity index (χ4n) is 2.44. The minimum Gasteiger partial charge on any atom is -0.375 e. The van der Waals surface area contributed by atoms with E-state index < -0.39 is 6.03 Å². The van der Waals surface area contributed by atoms with Crippen LogP contribution in [0.5, 0.6) is 0 Å². The zero-order chi connectivity index (χ0) is 18.9. The number of nitrogens with zero attached hydrogens (tertiary/aromatic N) is 1. The summed E-state index contributed by atoms with van der Waals surface area (Å²) in [5.41, 5.74) is 3.84. The van der Waals surface area contributed by atoms with E-state index in [-0.39, 0.29) is 18.4 Å². The van der Waals surface area contributed by atoms with Gasteiger partial charge >= 0.3 is 6.03 Å². The molecular formula is C20H27ClN4O2. The Balaban J connectivity index is 0.00000364. The number of guanidine groups is 1. The highest BCUT2D eigenvalue weighted by atomic mass is 35.5. The van der Waals surface area contributed by atoms with Crippen molar-refractivity contribution in [1.29, 1.82) is 5.41 Å². The fraction of sp³-hybridized carbons (Fsp3) is 0.300. The first-order valence-corrected chi connectivity index (χ1v) is 8.53. The van der Waals surface area contributed by atoms with Crippen molar-refractivity contribution in [1.82, 2.24) is 10.2 Å². The van der Waals surface area contributed by atoms with Gasteiger partial charge in [-0.25, -0.2) is 4.79 Å². The minimum absolute atomic E-state index is 0. The lowest BCUT2D eigenvalue weighted by Crippen LogP contribution is -2.44. The van der Waals surface area contributed by atoms with E-state index in [0.717, 1.165) is 22.4 Å². The van der Waals surface area contributed by atoms with Crippen molar-refractivity contribution in [2.24, 2.45) is 0 Å². The van der Waals surface area contributed by atoms with Crippen LogP contribution in [0.1, 0.15) is 16.7 Å². The summed E-state index contributed by atoms with van der Waals surface area (Å²) in [6, 6.07) is 15.3. The second kappa shape index (κ2) is 11.2. The van der Waals surface area contributed by atoms with Gasteiger partial charge in [-0.3, -0.25) is 10.7 Å². The number of halogens is 1. The number of carbonyl (C=O) groups is 1. The number of para-hydroxylation sites is 1. The molecule has 2 aromatic carbocycles. The molecule has 0 saturated carbocycles. The van der Waals surface area contributed by atoms with E-state index >= 15 is 0 Å². The number of amides is 2. The molecule has 0 fully saturated rings. The monoisotopic (exact) mass is 390 g/mol. The average molecular weight is 391 g/mol. The predicted molar refractivity (Wildman–Crippen MR) is 112 cm³/mol. The standard InChI is InChI=1S/C20H26N4O2.ClH/c1-15-8-7-9-16(2)18(15)22-20(25)23-19(21)24(3)12-13-26-14-17-10-5-4-6-11-17;/h4-11H,12-14H2,1-3H3,(H3,21,22,23,25);1H. The van der Waals surface area contributed by atoms with Gasteiger partial charge in [0.05, 0.1) is 13.2 Å². The van der Waals surface area contributed by atoms with E-state index in [1.807, 2.05) is 62.4 Å². The molecule has 0 aromatic heterocycles. The summed E-state index contributed by atoms with van der Waals surface area (Å²) in [5.74, 6) is 0.0250. The summed E-state index contributed by atoms with van der Waals surface area (Å²) in [7, 11) is 1.74. The van der Waals surface area contributed by atoms with Crippen molar-refractivity contribution < 1.29 is 9.53 Å². The third-order valence-electron chi connectivity index (χ3n) is 4.02. The first-order chi connectivity index (χ1) is 12.5. The summed E-state index contributed by atoms with van der Waals surface area (Å²) in [6.45, 7) is 5.38. The zero-order valence-corrected chi connectivity index (χ0v) is 16.7. The number of ether oxygens (including phenoxy) is 1. The Bertz CT molecular complexity index is 733. The number of hydrogen-bond acceptors (Lipinski definition) is 3. The highest BCUT2D eigenvalue weighted by molar-refractivity contribution is 6.01. The third kappa shape index (κ3) is 7.29. The molecule has 7 heteroatoms. The Hall–Kier alpha value is -2.57. The number of carbonyl (C=O) groups excluding carboxylic acids is 1. The average Bonchev–Trinajstić information content (AvgIpc) is 2.62. The molecule has 0 bridgehead atoms. The van der Waals surface area contributed by atoms with Crippen LogP contribution in [0.4, 0.5) is 10.5 Å². The number of anilines is 1. The van der Waals surface area contributed by atoms with Crippen LogP contribution >= 0.6 is 12.4 Å².